The predicted molar refractivity (Wildman–Crippen MR) is 85.8 cm³/mol. The van der Waals surface area contributed by atoms with Crippen molar-refractivity contribution in [3.63, 3.8) is 0 Å². The third-order valence-corrected chi connectivity index (χ3v) is 6.28. The smallest absolute Gasteiger partial charge is 0.330 e. The molecule has 0 unspecified atom stereocenters. The number of hydrogen-bond donors (Lipinski definition) is 0. The fourth-order valence-electron chi connectivity index (χ4n) is 2.21. The number of methoxy groups -OCH3 is 2. The summed E-state index contributed by atoms with van der Waals surface area (Å²) in [6.07, 6.45) is 3.32. The highest BCUT2D eigenvalue weighted by Gasteiger charge is 2.59. The number of esters is 1. The van der Waals surface area contributed by atoms with Gasteiger partial charge in [0.15, 0.2) is 11.5 Å². The van der Waals surface area contributed by atoms with E-state index in [4.69, 9.17) is 8.92 Å². The monoisotopic (exact) mass is 340 g/mol. The van der Waals surface area contributed by atoms with Crippen molar-refractivity contribution in [3.05, 3.63) is 29.8 Å². The third-order valence-electron chi connectivity index (χ3n) is 4.17. The zero-order valence-corrected chi connectivity index (χ0v) is 14.3. The minimum Gasteiger partial charge on any atom is -0.493 e. The predicted octanol–water partition coefficient (Wildman–Crippen LogP) is 2.39. The summed E-state index contributed by atoms with van der Waals surface area (Å²) in [6.45, 7) is 3.54. The van der Waals surface area contributed by atoms with E-state index < -0.39 is 20.8 Å². The molecule has 2 rings (SSSR count). The first-order valence-electron chi connectivity index (χ1n) is 7.11. The number of carbonyl (C=O) groups is 1. The highest BCUT2D eigenvalue weighted by molar-refractivity contribution is 7.88. The fourth-order valence-corrected chi connectivity index (χ4v) is 3.71. The molecule has 0 N–H and O–H groups in total. The van der Waals surface area contributed by atoms with Crippen LogP contribution in [0.2, 0.25) is 0 Å². The molecule has 0 radical (unpaired) electrons. The first kappa shape index (κ1) is 17.3. The quantitative estimate of drug-likeness (QED) is 0.449. The van der Waals surface area contributed by atoms with Crippen molar-refractivity contribution in [1.29, 1.82) is 0 Å². The highest BCUT2D eigenvalue weighted by atomic mass is 32.2. The van der Waals surface area contributed by atoms with Crippen molar-refractivity contribution in [2.45, 2.75) is 25.0 Å². The number of carbonyl (C=O) groups excluding carboxylic acids is 1. The Balaban J connectivity index is 2.30. The van der Waals surface area contributed by atoms with Crippen molar-refractivity contribution >= 4 is 22.2 Å². The van der Waals surface area contributed by atoms with Gasteiger partial charge < -0.3 is 13.7 Å². The maximum Gasteiger partial charge on any atom is 0.330 e. The normalized spacial score (nSPS) is 23.6. The lowest BCUT2D eigenvalue weighted by Gasteiger charge is -2.15. The van der Waals surface area contributed by atoms with Crippen LogP contribution in [0.25, 0.3) is 6.08 Å². The second-order valence-corrected chi connectivity index (χ2v) is 7.73. The average Bonchev–Trinajstić information content (AvgIpc) is 3.14. The topological polar surface area (TPSA) is 78.9 Å². The lowest BCUT2D eigenvalue weighted by Crippen LogP contribution is -2.26. The number of hydrogen-bond acceptors (Lipinski definition) is 6. The summed E-state index contributed by atoms with van der Waals surface area (Å²) in [6, 6.07) is 4.77. The molecule has 1 aliphatic rings. The minimum atomic E-state index is -3.77. The van der Waals surface area contributed by atoms with E-state index in [9.17, 15) is 13.2 Å². The lowest BCUT2D eigenvalue weighted by molar-refractivity contribution is -0.134. The molecule has 0 spiro atoms. The molecule has 1 saturated carbocycles. The number of rotatable bonds is 6. The number of ether oxygens (including phenoxy) is 2. The van der Waals surface area contributed by atoms with Gasteiger partial charge in [-0.05, 0) is 43.0 Å². The van der Waals surface area contributed by atoms with Crippen molar-refractivity contribution < 1.29 is 26.9 Å². The molecule has 1 fully saturated rings. The maximum absolute atomic E-state index is 12.4. The van der Waals surface area contributed by atoms with Gasteiger partial charge in [0.2, 0.25) is 0 Å². The van der Waals surface area contributed by atoms with Crippen LogP contribution in [0.3, 0.4) is 0 Å². The van der Waals surface area contributed by atoms with E-state index >= 15 is 0 Å². The van der Waals surface area contributed by atoms with E-state index in [1.165, 1.54) is 32.4 Å². The molecule has 0 bridgehead atoms. The van der Waals surface area contributed by atoms with Gasteiger partial charge in [-0.3, -0.25) is 0 Å². The van der Waals surface area contributed by atoms with E-state index in [0.717, 1.165) is 0 Å². The molecule has 126 valence electrons. The van der Waals surface area contributed by atoms with Crippen LogP contribution >= 0.6 is 0 Å². The third kappa shape index (κ3) is 3.50. The Morgan fingerprint density at radius 2 is 1.96 bits per heavy atom. The van der Waals surface area contributed by atoms with Crippen molar-refractivity contribution in [2.75, 3.05) is 14.2 Å². The molecule has 0 amide bonds. The first-order valence-corrected chi connectivity index (χ1v) is 8.52. The molecule has 0 saturated heterocycles. The Kier molecular flexibility index (Phi) is 4.70. The standard InChI is InChI=1S/C16H20O6S/c1-11-10-16(11,2)23(18,19)22-14-9-12(5-7-13(14)20-3)6-8-15(17)21-4/h5-9,11H,10H2,1-4H3/b8-6-/t11-,16-/m0/s1. The van der Waals surface area contributed by atoms with E-state index in [1.54, 1.807) is 19.1 Å². The van der Waals surface area contributed by atoms with Crippen molar-refractivity contribution in [1.82, 2.24) is 0 Å². The summed E-state index contributed by atoms with van der Waals surface area (Å²) >= 11 is 0. The summed E-state index contributed by atoms with van der Waals surface area (Å²) in [4.78, 5) is 11.1. The fraction of sp³-hybridized carbons (Fsp3) is 0.438. The van der Waals surface area contributed by atoms with Gasteiger partial charge in [0.25, 0.3) is 0 Å². The summed E-state index contributed by atoms with van der Waals surface area (Å²) in [5.41, 5.74) is 0.593. The van der Waals surface area contributed by atoms with Gasteiger partial charge in [-0.1, -0.05) is 13.0 Å². The van der Waals surface area contributed by atoms with Crippen LogP contribution in [-0.4, -0.2) is 33.4 Å². The van der Waals surface area contributed by atoms with E-state index in [-0.39, 0.29) is 11.7 Å². The highest BCUT2D eigenvalue weighted by Crippen LogP contribution is 2.50. The molecule has 1 aromatic carbocycles. The Hall–Kier alpha value is -2.02. The first-order chi connectivity index (χ1) is 10.7. The zero-order chi connectivity index (χ0) is 17.3. The van der Waals surface area contributed by atoms with Crippen LogP contribution in [-0.2, 0) is 19.6 Å². The molecular weight excluding hydrogens is 320 g/mol. The molecule has 0 aliphatic heterocycles. The SMILES string of the molecule is COC(=O)/C=C\c1ccc(OC)c(OS(=O)(=O)[C@@]2(C)C[C@@H]2C)c1. The van der Waals surface area contributed by atoms with Crippen LogP contribution in [0.4, 0.5) is 0 Å². The largest absolute Gasteiger partial charge is 0.493 e. The van der Waals surface area contributed by atoms with E-state index in [0.29, 0.717) is 17.7 Å². The molecule has 2 atom stereocenters. The molecule has 6 nitrogen and oxygen atoms in total. The van der Waals surface area contributed by atoms with E-state index in [1.807, 2.05) is 6.92 Å². The lowest BCUT2D eigenvalue weighted by atomic mass is 10.2. The number of benzene rings is 1. The molecule has 23 heavy (non-hydrogen) atoms. The minimum absolute atomic E-state index is 0.0564. The average molecular weight is 340 g/mol. The molecule has 1 aromatic rings. The Morgan fingerprint density at radius 3 is 2.48 bits per heavy atom. The van der Waals surface area contributed by atoms with Gasteiger partial charge in [-0.2, -0.15) is 8.42 Å². The van der Waals surface area contributed by atoms with Crippen LogP contribution in [0.5, 0.6) is 11.5 Å². The molecule has 1 aliphatic carbocycles. The zero-order valence-electron chi connectivity index (χ0n) is 13.5. The Labute approximate surface area is 136 Å². The summed E-state index contributed by atoms with van der Waals surface area (Å²) in [7, 11) is -1.06. The molecular formula is C16H20O6S. The van der Waals surface area contributed by atoms with Crippen LogP contribution in [0, 0.1) is 5.92 Å². The van der Waals surface area contributed by atoms with Gasteiger partial charge in [0, 0.05) is 6.08 Å². The Bertz CT molecular complexity index is 737. The van der Waals surface area contributed by atoms with Gasteiger partial charge >= 0.3 is 16.1 Å². The second kappa shape index (κ2) is 6.23. The summed E-state index contributed by atoms with van der Waals surface area (Å²) in [5.74, 6) is -0.0448. The van der Waals surface area contributed by atoms with Crippen LogP contribution in [0.15, 0.2) is 24.3 Å². The summed E-state index contributed by atoms with van der Waals surface area (Å²) < 4.78 is 38.9. The molecule has 0 heterocycles. The van der Waals surface area contributed by atoms with Gasteiger partial charge in [-0.15, -0.1) is 0 Å². The van der Waals surface area contributed by atoms with E-state index in [2.05, 4.69) is 4.74 Å². The van der Waals surface area contributed by atoms with Crippen LogP contribution < -0.4 is 8.92 Å². The molecule has 0 aromatic heterocycles. The maximum atomic E-state index is 12.4. The van der Waals surface area contributed by atoms with Gasteiger partial charge in [-0.25, -0.2) is 4.79 Å². The molecule has 7 heteroatoms. The van der Waals surface area contributed by atoms with Gasteiger partial charge in [0.05, 0.1) is 14.2 Å². The summed E-state index contributed by atoms with van der Waals surface area (Å²) in [5, 5.41) is 0. The van der Waals surface area contributed by atoms with Crippen molar-refractivity contribution in [3.8, 4) is 11.5 Å². The van der Waals surface area contributed by atoms with Crippen LogP contribution in [0.1, 0.15) is 25.8 Å². The Morgan fingerprint density at radius 1 is 1.30 bits per heavy atom. The second-order valence-electron chi connectivity index (χ2n) is 5.72. The van der Waals surface area contributed by atoms with Crippen molar-refractivity contribution in [2.24, 2.45) is 5.92 Å². The van der Waals surface area contributed by atoms with Gasteiger partial charge in [0.1, 0.15) is 4.75 Å².